The van der Waals surface area contributed by atoms with Crippen molar-refractivity contribution < 1.29 is 19.1 Å². The Bertz CT molecular complexity index is 907. The second-order valence-electron chi connectivity index (χ2n) is 6.04. The molecule has 1 aliphatic rings. The normalized spacial score (nSPS) is 13.6. The minimum atomic E-state index is -0.364. The molecule has 1 saturated heterocycles. The number of methoxy groups -OCH3 is 2. The summed E-state index contributed by atoms with van der Waals surface area (Å²) in [5, 5.41) is 3.28. The average Bonchev–Trinajstić information content (AvgIpc) is 3.05. The predicted octanol–water partition coefficient (Wildman–Crippen LogP) is 3.89. The Kier molecular flexibility index (Phi) is 6.16. The Morgan fingerprint density at radius 2 is 1.93 bits per heavy atom. The Hall–Kier alpha value is -2.64. The topological polar surface area (TPSA) is 71.1 Å². The molecule has 0 aromatic heterocycles. The van der Waals surface area contributed by atoms with Crippen LogP contribution in [0.25, 0.3) is 0 Å². The van der Waals surface area contributed by atoms with Gasteiger partial charge in [0, 0.05) is 19.2 Å². The maximum absolute atomic E-state index is 12.8. The lowest BCUT2D eigenvalue weighted by Crippen LogP contribution is -2.37. The zero-order valence-electron chi connectivity index (χ0n) is 15.4. The number of urea groups is 1. The summed E-state index contributed by atoms with van der Waals surface area (Å²) in [4.78, 5) is 28.2. The van der Waals surface area contributed by atoms with E-state index in [2.05, 4.69) is 5.32 Å². The molecule has 7 nitrogen and oxygen atoms in total. The molecule has 0 saturated carbocycles. The number of halogens is 2. The van der Waals surface area contributed by atoms with Crippen molar-refractivity contribution in [1.29, 1.82) is 0 Å². The monoisotopic (exact) mass is 423 g/mol. The number of hydrogen-bond acceptors (Lipinski definition) is 4. The smallest absolute Gasteiger partial charge is 0.325 e. The van der Waals surface area contributed by atoms with Gasteiger partial charge >= 0.3 is 6.03 Å². The standard InChI is InChI=1S/C19H19Cl2N3O4/c1-27-12-6-7-16(28-2)15(10-12)24-9-8-23(19(24)26)11-17(25)22-14-5-3-4-13(20)18(14)21/h3-7,10H,8-9,11H2,1-2H3,(H,22,25). The largest absolute Gasteiger partial charge is 0.497 e. The first kappa shape index (κ1) is 20.1. The van der Waals surface area contributed by atoms with E-state index in [-0.39, 0.29) is 23.5 Å². The number of amides is 3. The summed E-state index contributed by atoms with van der Waals surface area (Å²) in [6, 6.07) is 9.88. The van der Waals surface area contributed by atoms with Crippen LogP contribution in [0.15, 0.2) is 36.4 Å². The van der Waals surface area contributed by atoms with Crippen molar-refractivity contribution in [3.63, 3.8) is 0 Å². The van der Waals surface area contributed by atoms with E-state index in [1.165, 1.54) is 12.0 Å². The zero-order chi connectivity index (χ0) is 20.3. The highest BCUT2D eigenvalue weighted by molar-refractivity contribution is 6.44. The average molecular weight is 424 g/mol. The summed E-state index contributed by atoms with van der Waals surface area (Å²) in [6.45, 7) is 0.716. The molecule has 1 fully saturated rings. The van der Waals surface area contributed by atoms with Crippen molar-refractivity contribution >= 4 is 46.5 Å². The molecule has 0 bridgehead atoms. The van der Waals surface area contributed by atoms with E-state index in [1.807, 2.05) is 0 Å². The van der Waals surface area contributed by atoms with Gasteiger partial charge in [0.05, 0.1) is 35.6 Å². The van der Waals surface area contributed by atoms with Gasteiger partial charge in [0.1, 0.15) is 18.0 Å². The van der Waals surface area contributed by atoms with Crippen molar-refractivity contribution in [3.05, 3.63) is 46.4 Å². The molecule has 0 atom stereocenters. The van der Waals surface area contributed by atoms with E-state index in [1.54, 1.807) is 48.4 Å². The molecule has 0 spiro atoms. The lowest BCUT2D eigenvalue weighted by molar-refractivity contribution is -0.116. The zero-order valence-corrected chi connectivity index (χ0v) is 16.9. The Balaban J connectivity index is 1.71. The van der Waals surface area contributed by atoms with Gasteiger partial charge in [-0.05, 0) is 24.3 Å². The molecule has 9 heteroatoms. The maximum Gasteiger partial charge on any atom is 0.325 e. The van der Waals surface area contributed by atoms with Gasteiger partial charge < -0.3 is 19.7 Å². The van der Waals surface area contributed by atoms with Gasteiger partial charge in [-0.3, -0.25) is 9.69 Å². The molecule has 3 amide bonds. The number of carbonyl (C=O) groups is 2. The lowest BCUT2D eigenvalue weighted by Gasteiger charge is -2.21. The summed E-state index contributed by atoms with van der Waals surface area (Å²) in [5.41, 5.74) is 0.991. The molecule has 2 aromatic rings. The van der Waals surface area contributed by atoms with E-state index in [0.29, 0.717) is 41.0 Å². The summed E-state index contributed by atoms with van der Waals surface area (Å²) in [6.07, 6.45) is 0. The third kappa shape index (κ3) is 4.10. The third-order valence-electron chi connectivity index (χ3n) is 4.33. The molecule has 0 radical (unpaired) electrons. The van der Waals surface area contributed by atoms with Crippen LogP contribution in [0.4, 0.5) is 16.2 Å². The second-order valence-corrected chi connectivity index (χ2v) is 6.83. The van der Waals surface area contributed by atoms with Crippen molar-refractivity contribution in [1.82, 2.24) is 4.90 Å². The fourth-order valence-corrected chi connectivity index (χ4v) is 3.27. The molecular weight excluding hydrogens is 405 g/mol. The van der Waals surface area contributed by atoms with E-state index in [9.17, 15) is 9.59 Å². The maximum atomic E-state index is 12.8. The van der Waals surface area contributed by atoms with Crippen LogP contribution < -0.4 is 19.7 Å². The second kappa shape index (κ2) is 8.58. The number of nitrogens with zero attached hydrogens (tertiary/aromatic N) is 2. The van der Waals surface area contributed by atoms with Crippen molar-refractivity contribution in [3.8, 4) is 11.5 Å². The summed E-state index contributed by atoms with van der Waals surface area (Å²) in [7, 11) is 3.08. The molecular formula is C19H19Cl2N3O4. The first-order valence-corrected chi connectivity index (χ1v) is 9.22. The Morgan fingerprint density at radius 3 is 2.64 bits per heavy atom. The predicted molar refractivity (Wildman–Crippen MR) is 109 cm³/mol. The van der Waals surface area contributed by atoms with Crippen molar-refractivity contribution in [2.24, 2.45) is 0 Å². The van der Waals surface area contributed by atoms with Gasteiger partial charge in [0.25, 0.3) is 0 Å². The molecule has 1 N–H and O–H groups in total. The van der Waals surface area contributed by atoms with Crippen LogP contribution in [0, 0.1) is 0 Å². The molecule has 28 heavy (non-hydrogen) atoms. The number of nitrogens with one attached hydrogen (secondary N) is 1. The van der Waals surface area contributed by atoms with Crippen LogP contribution in [0.5, 0.6) is 11.5 Å². The van der Waals surface area contributed by atoms with Gasteiger partial charge in [-0.25, -0.2) is 4.79 Å². The quantitative estimate of drug-likeness (QED) is 0.764. The van der Waals surface area contributed by atoms with Crippen LogP contribution in [0.1, 0.15) is 0 Å². The van der Waals surface area contributed by atoms with Crippen LogP contribution in [-0.4, -0.2) is 50.7 Å². The van der Waals surface area contributed by atoms with Crippen molar-refractivity contribution in [2.75, 3.05) is 44.1 Å². The van der Waals surface area contributed by atoms with Crippen molar-refractivity contribution in [2.45, 2.75) is 0 Å². The van der Waals surface area contributed by atoms with E-state index < -0.39 is 0 Å². The van der Waals surface area contributed by atoms with Crippen LogP contribution in [0.3, 0.4) is 0 Å². The number of carbonyl (C=O) groups excluding carboxylic acids is 2. The molecule has 0 unspecified atom stereocenters. The van der Waals surface area contributed by atoms with Crippen LogP contribution in [0.2, 0.25) is 10.0 Å². The molecule has 3 rings (SSSR count). The lowest BCUT2D eigenvalue weighted by atomic mass is 10.2. The number of benzene rings is 2. The number of rotatable bonds is 6. The van der Waals surface area contributed by atoms with Gasteiger partial charge in [-0.1, -0.05) is 29.3 Å². The van der Waals surface area contributed by atoms with E-state index in [0.717, 1.165) is 0 Å². The highest BCUT2D eigenvalue weighted by Crippen LogP contribution is 2.34. The number of ether oxygens (including phenoxy) is 2. The number of hydrogen-bond donors (Lipinski definition) is 1. The molecule has 1 heterocycles. The molecule has 2 aromatic carbocycles. The van der Waals surface area contributed by atoms with Gasteiger partial charge in [0.2, 0.25) is 5.91 Å². The SMILES string of the molecule is COc1ccc(OC)c(N2CCN(CC(=O)Nc3cccc(Cl)c3Cl)C2=O)c1. The highest BCUT2D eigenvalue weighted by atomic mass is 35.5. The minimum absolute atomic E-state index is 0.107. The molecule has 1 aliphatic heterocycles. The highest BCUT2D eigenvalue weighted by Gasteiger charge is 2.32. The van der Waals surface area contributed by atoms with Gasteiger partial charge in [-0.2, -0.15) is 0 Å². The minimum Gasteiger partial charge on any atom is -0.497 e. The van der Waals surface area contributed by atoms with Crippen LogP contribution >= 0.6 is 23.2 Å². The summed E-state index contributed by atoms with van der Waals surface area (Å²) < 4.78 is 10.6. The third-order valence-corrected chi connectivity index (χ3v) is 5.15. The first-order chi connectivity index (χ1) is 13.4. The first-order valence-electron chi connectivity index (χ1n) is 8.47. The summed E-state index contributed by atoms with van der Waals surface area (Å²) >= 11 is 12.0. The van der Waals surface area contributed by atoms with Crippen LogP contribution in [-0.2, 0) is 4.79 Å². The Morgan fingerprint density at radius 1 is 1.14 bits per heavy atom. The van der Waals surface area contributed by atoms with E-state index in [4.69, 9.17) is 32.7 Å². The fraction of sp³-hybridized carbons (Fsp3) is 0.263. The van der Waals surface area contributed by atoms with Gasteiger partial charge in [0.15, 0.2) is 0 Å². The van der Waals surface area contributed by atoms with E-state index >= 15 is 0 Å². The number of anilines is 2. The Labute approximate surface area is 172 Å². The summed E-state index contributed by atoms with van der Waals surface area (Å²) in [5.74, 6) is 0.790. The molecule has 148 valence electrons. The van der Waals surface area contributed by atoms with Gasteiger partial charge in [-0.15, -0.1) is 0 Å². The fourth-order valence-electron chi connectivity index (χ4n) is 2.92. The molecule has 0 aliphatic carbocycles.